The van der Waals surface area contributed by atoms with E-state index in [2.05, 4.69) is 16.4 Å². The number of terminal acetylenes is 1. The molecule has 0 bridgehead atoms. The van der Waals surface area contributed by atoms with Crippen LogP contribution in [0.25, 0.3) is 0 Å². The minimum Gasteiger partial charge on any atom is -0.410 e. The third-order valence-electron chi connectivity index (χ3n) is 2.02. The maximum atomic E-state index is 11.8. The highest BCUT2D eigenvalue weighted by Crippen LogP contribution is 2.31. The van der Waals surface area contributed by atoms with Crippen molar-refractivity contribution in [2.24, 2.45) is 16.5 Å². The summed E-state index contributed by atoms with van der Waals surface area (Å²) < 4.78 is 0. The zero-order valence-corrected chi connectivity index (χ0v) is 10.9. The molecule has 0 aromatic carbocycles. The number of oxime groups is 1. The number of thioether (sulfide) groups is 1. The Hall–Kier alpha value is -1.15. The third-order valence-corrected chi connectivity index (χ3v) is 2.95. The van der Waals surface area contributed by atoms with E-state index < -0.39 is 5.92 Å². The molecule has 0 aliphatic rings. The number of nitrogens with zero attached hydrogens (tertiary/aromatic N) is 1. The Kier molecular flexibility index (Phi) is 5.97. The number of rotatable bonds is 3. The maximum Gasteiger partial charge on any atom is 0.230 e. The molecule has 1 amide bonds. The van der Waals surface area contributed by atoms with Gasteiger partial charge in [0.2, 0.25) is 5.91 Å². The number of nitrogens with one attached hydrogen (secondary N) is 1. The summed E-state index contributed by atoms with van der Waals surface area (Å²) in [6.45, 7) is 5.73. The Labute approximate surface area is 101 Å². The molecule has 0 aliphatic heterocycles. The second-order valence-electron chi connectivity index (χ2n) is 4.34. The van der Waals surface area contributed by atoms with Gasteiger partial charge in [0.15, 0.2) is 0 Å². The molecule has 1 atom stereocenters. The summed E-state index contributed by atoms with van der Waals surface area (Å²) in [7, 11) is 1.56. The van der Waals surface area contributed by atoms with Crippen molar-refractivity contribution in [1.29, 1.82) is 0 Å². The lowest BCUT2D eigenvalue weighted by Gasteiger charge is -2.28. The van der Waals surface area contributed by atoms with Crippen molar-refractivity contribution in [1.82, 2.24) is 5.32 Å². The van der Waals surface area contributed by atoms with E-state index in [9.17, 15) is 4.79 Å². The Balaban J connectivity index is 5.03. The van der Waals surface area contributed by atoms with Gasteiger partial charge in [-0.15, -0.1) is 6.42 Å². The SMILES string of the molecule is C#CCSC(=NO)C(C(=O)NC)C(C)(C)C. The van der Waals surface area contributed by atoms with Gasteiger partial charge in [-0.05, 0) is 5.41 Å². The van der Waals surface area contributed by atoms with E-state index in [1.54, 1.807) is 7.05 Å². The smallest absolute Gasteiger partial charge is 0.230 e. The van der Waals surface area contributed by atoms with Gasteiger partial charge in [0, 0.05) is 7.05 Å². The second kappa shape index (κ2) is 6.44. The van der Waals surface area contributed by atoms with Gasteiger partial charge < -0.3 is 10.5 Å². The molecule has 0 aromatic heterocycles. The minimum absolute atomic E-state index is 0.176. The molecule has 16 heavy (non-hydrogen) atoms. The zero-order chi connectivity index (χ0) is 12.8. The molecule has 0 saturated carbocycles. The highest BCUT2D eigenvalue weighted by atomic mass is 32.2. The number of amides is 1. The normalized spacial score (nSPS) is 14.1. The molecule has 0 spiro atoms. The Bertz CT molecular complexity index is 313. The molecule has 0 aromatic rings. The summed E-state index contributed by atoms with van der Waals surface area (Å²) in [5.74, 6) is 2.14. The molecule has 2 N–H and O–H groups in total. The average molecular weight is 242 g/mol. The number of hydrogen-bond donors (Lipinski definition) is 2. The van der Waals surface area contributed by atoms with Crippen LogP contribution in [0.4, 0.5) is 0 Å². The third kappa shape index (κ3) is 4.15. The first-order valence-electron chi connectivity index (χ1n) is 4.88. The van der Waals surface area contributed by atoms with Gasteiger partial charge in [0.05, 0.1) is 11.7 Å². The Morgan fingerprint density at radius 1 is 1.62 bits per heavy atom. The van der Waals surface area contributed by atoms with Gasteiger partial charge >= 0.3 is 0 Å². The fraction of sp³-hybridized carbons (Fsp3) is 0.636. The predicted molar refractivity (Wildman–Crippen MR) is 67.5 cm³/mol. The topological polar surface area (TPSA) is 61.7 Å². The average Bonchev–Trinajstić information content (AvgIpc) is 2.21. The molecule has 0 aliphatic carbocycles. The first kappa shape index (κ1) is 14.8. The van der Waals surface area contributed by atoms with Crippen molar-refractivity contribution < 1.29 is 10.0 Å². The summed E-state index contributed by atoms with van der Waals surface area (Å²) in [5.41, 5.74) is -0.330. The molecule has 5 heteroatoms. The van der Waals surface area contributed by atoms with Gasteiger partial charge in [0.1, 0.15) is 5.04 Å². The van der Waals surface area contributed by atoms with Crippen molar-refractivity contribution in [3.8, 4) is 12.3 Å². The summed E-state index contributed by atoms with van der Waals surface area (Å²) >= 11 is 1.20. The summed E-state index contributed by atoms with van der Waals surface area (Å²) in [4.78, 5) is 11.8. The van der Waals surface area contributed by atoms with Gasteiger partial charge in [-0.2, -0.15) is 0 Å². The van der Waals surface area contributed by atoms with E-state index in [1.807, 2.05) is 20.8 Å². The second-order valence-corrected chi connectivity index (χ2v) is 5.34. The lowest BCUT2D eigenvalue weighted by Crippen LogP contribution is -2.40. The summed E-state index contributed by atoms with van der Waals surface area (Å²) in [6, 6.07) is 0. The minimum atomic E-state index is -0.499. The molecular formula is C11H18N2O2S. The van der Waals surface area contributed by atoms with Crippen molar-refractivity contribution >= 4 is 22.7 Å². The van der Waals surface area contributed by atoms with Crippen LogP contribution in [0.15, 0.2) is 5.16 Å². The van der Waals surface area contributed by atoms with Crippen LogP contribution in [0.2, 0.25) is 0 Å². The molecule has 0 rings (SSSR count). The van der Waals surface area contributed by atoms with Crippen LogP contribution in [0.5, 0.6) is 0 Å². The predicted octanol–water partition coefficient (Wildman–Crippen LogP) is 1.55. The van der Waals surface area contributed by atoms with E-state index in [0.717, 1.165) is 0 Å². The largest absolute Gasteiger partial charge is 0.410 e. The maximum absolute atomic E-state index is 11.8. The van der Waals surface area contributed by atoms with Crippen LogP contribution in [-0.2, 0) is 4.79 Å². The highest BCUT2D eigenvalue weighted by Gasteiger charge is 2.35. The number of hydrogen-bond acceptors (Lipinski definition) is 4. The van der Waals surface area contributed by atoms with E-state index in [-0.39, 0.29) is 11.3 Å². The standard InChI is InChI=1S/C11H18N2O2S/c1-6-7-16-10(13-15)8(9(14)12-5)11(2,3)4/h1,8,15H,7H2,2-5H3,(H,12,14). The molecule has 4 nitrogen and oxygen atoms in total. The highest BCUT2D eigenvalue weighted by molar-refractivity contribution is 8.14. The van der Waals surface area contributed by atoms with Crippen LogP contribution in [0.1, 0.15) is 20.8 Å². The van der Waals surface area contributed by atoms with Crippen molar-refractivity contribution in [2.75, 3.05) is 12.8 Å². The molecule has 90 valence electrons. The van der Waals surface area contributed by atoms with Crippen LogP contribution >= 0.6 is 11.8 Å². The van der Waals surface area contributed by atoms with Crippen LogP contribution in [0, 0.1) is 23.7 Å². The van der Waals surface area contributed by atoms with Gasteiger partial charge in [-0.3, -0.25) is 4.79 Å². The van der Waals surface area contributed by atoms with E-state index in [0.29, 0.717) is 10.8 Å². The monoisotopic (exact) mass is 242 g/mol. The summed E-state index contributed by atoms with van der Waals surface area (Å²) in [6.07, 6.45) is 5.14. The quantitative estimate of drug-likeness (QED) is 0.259. The lowest BCUT2D eigenvalue weighted by atomic mass is 9.80. The fourth-order valence-corrected chi connectivity index (χ4v) is 2.22. The van der Waals surface area contributed by atoms with Crippen molar-refractivity contribution in [3.05, 3.63) is 0 Å². The molecule has 0 heterocycles. The number of carbonyl (C=O) groups excluding carboxylic acids is 1. The lowest BCUT2D eigenvalue weighted by molar-refractivity contribution is -0.124. The first-order chi connectivity index (χ1) is 7.38. The van der Waals surface area contributed by atoms with Crippen LogP contribution < -0.4 is 5.32 Å². The van der Waals surface area contributed by atoms with Gasteiger partial charge in [0.25, 0.3) is 0 Å². The van der Waals surface area contributed by atoms with Crippen LogP contribution in [-0.4, -0.2) is 29.0 Å². The molecule has 1 unspecified atom stereocenters. The van der Waals surface area contributed by atoms with Gasteiger partial charge in [-0.1, -0.05) is 43.6 Å². The van der Waals surface area contributed by atoms with Crippen molar-refractivity contribution in [3.63, 3.8) is 0 Å². The van der Waals surface area contributed by atoms with E-state index >= 15 is 0 Å². The van der Waals surface area contributed by atoms with E-state index in [1.165, 1.54) is 11.8 Å². The Morgan fingerprint density at radius 3 is 2.50 bits per heavy atom. The zero-order valence-electron chi connectivity index (χ0n) is 10.1. The fourth-order valence-electron chi connectivity index (χ4n) is 1.31. The van der Waals surface area contributed by atoms with E-state index in [4.69, 9.17) is 11.6 Å². The molecular weight excluding hydrogens is 224 g/mol. The first-order valence-corrected chi connectivity index (χ1v) is 5.86. The molecule has 0 fully saturated rings. The Morgan fingerprint density at radius 2 is 2.19 bits per heavy atom. The number of carbonyl (C=O) groups is 1. The molecule has 0 radical (unpaired) electrons. The van der Waals surface area contributed by atoms with Gasteiger partial charge in [-0.25, -0.2) is 0 Å². The van der Waals surface area contributed by atoms with Crippen molar-refractivity contribution in [2.45, 2.75) is 20.8 Å². The summed E-state index contributed by atoms with van der Waals surface area (Å²) in [5, 5.41) is 15.1. The molecule has 0 saturated heterocycles. The van der Waals surface area contributed by atoms with Crippen LogP contribution in [0.3, 0.4) is 0 Å².